The summed E-state index contributed by atoms with van der Waals surface area (Å²) in [5.74, 6) is -0.397. The molecule has 2 saturated heterocycles. The lowest BCUT2D eigenvalue weighted by Gasteiger charge is -2.45. The van der Waals surface area contributed by atoms with Gasteiger partial charge in [0.25, 0.3) is 0 Å². The number of aryl methyl sites for hydroxylation is 1. The predicted molar refractivity (Wildman–Crippen MR) is 96.1 cm³/mol. The van der Waals surface area contributed by atoms with Crippen LogP contribution in [0.5, 0.6) is 0 Å². The summed E-state index contributed by atoms with van der Waals surface area (Å²) in [5, 5.41) is 4.13. The number of carbonyl (C=O) groups is 2. The number of rotatable bonds is 2. The first-order valence-electron chi connectivity index (χ1n) is 8.79. The van der Waals surface area contributed by atoms with Crippen LogP contribution in [0.25, 0.3) is 0 Å². The number of nitrogens with zero attached hydrogens (tertiary/aromatic N) is 4. The molecule has 1 aromatic rings. The normalized spacial score (nSPS) is 25.2. The van der Waals surface area contributed by atoms with E-state index >= 15 is 0 Å². The summed E-state index contributed by atoms with van der Waals surface area (Å²) < 4.78 is 26.1. The maximum absolute atomic E-state index is 12.8. The fraction of sp³-hybridized carbons (Fsp3) is 0.706. The third-order valence-electron chi connectivity index (χ3n) is 5.11. The molecule has 0 unspecified atom stereocenters. The summed E-state index contributed by atoms with van der Waals surface area (Å²) >= 11 is 0. The molecule has 144 valence electrons. The number of hydrogen-bond donors (Lipinski definition) is 0. The molecule has 2 amide bonds. The molecule has 0 N–H and O–H groups in total. The monoisotopic (exact) mass is 382 g/mol. The van der Waals surface area contributed by atoms with Gasteiger partial charge in [0.15, 0.2) is 9.84 Å². The molecular formula is C17H26N4O4S. The highest BCUT2D eigenvalue weighted by molar-refractivity contribution is 7.91. The predicted octanol–water partition coefficient (Wildman–Crippen LogP) is 0.0740. The summed E-state index contributed by atoms with van der Waals surface area (Å²) in [6, 6.07) is 0.863. The summed E-state index contributed by atoms with van der Waals surface area (Å²) in [6.07, 6.45) is 1.63. The minimum absolute atomic E-state index is 0.0698. The van der Waals surface area contributed by atoms with Gasteiger partial charge in [0.05, 0.1) is 23.6 Å². The average Bonchev–Trinajstić information content (AvgIpc) is 3.06. The Morgan fingerprint density at radius 1 is 1.15 bits per heavy atom. The zero-order valence-electron chi connectivity index (χ0n) is 15.7. The molecule has 2 aliphatic heterocycles. The molecule has 0 bridgehead atoms. The lowest BCUT2D eigenvalue weighted by Crippen LogP contribution is -2.63. The smallest absolute Gasteiger partial charge is 0.244 e. The van der Waals surface area contributed by atoms with Crippen LogP contribution in [-0.2, 0) is 26.0 Å². The Bertz CT molecular complexity index is 824. The Hall–Kier alpha value is -1.90. The van der Waals surface area contributed by atoms with Crippen LogP contribution in [0.3, 0.4) is 0 Å². The van der Waals surface area contributed by atoms with Crippen LogP contribution in [0.15, 0.2) is 12.3 Å². The van der Waals surface area contributed by atoms with Gasteiger partial charge in [-0.2, -0.15) is 5.10 Å². The first kappa shape index (κ1) is 18.9. The third-order valence-corrected chi connectivity index (χ3v) is 6.81. The van der Waals surface area contributed by atoms with Crippen molar-refractivity contribution in [2.45, 2.75) is 46.3 Å². The van der Waals surface area contributed by atoms with Crippen molar-refractivity contribution in [1.82, 2.24) is 19.6 Å². The first-order chi connectivity index (χ1) is 12.0. The molecule has 2 aliphatic rings. The van der Waals surface area contributed by atoms with Gasteiger partial charge in [-0.15, -0.1) is 0 Å². The van der Waals surface area contributed by atoms with Crippen molar-refractivity contribution >= 4 is 21.7 Å². The van der Waals surface area contributed by atoms with Gasteiger partial charge in [0.1, 0.15) is 6.54 Å². The van der Waals surface area contributed by atoms with Crippen LogP contribution in [0.2, 0.25) is 0 Å². The molecule has 0 saturated carbocycles. The molecule has 0 aliphatic carbocycles. The van der Waals surface area contributed by atoms with Crippen molar-refractivity contribution in [3.8, 4) is 0 Å². The van der Waals surface area contributed by atoms with Gasteiger partial charge in [0, 0.05) is 30.4 Å². The van der Waals surface area contributed by atoms with Gasteiger partial charge < -0.3 is 9.80 Å². The minimum atomic E-state index is -3.29. The van der Waals surface area contributed by atoms with Crippen LogP contribution < -0.4 is 0 Å². The summed E-state index contributed by atoms with van der Waals surface area (Å²) in [5.41, 5.74) is 0.283. The summed E-state index contributed by atoms with van der Waals surface area (Å²) in [4.78, 5) is 28.9. The van der Waals surface area contributed by atoms with E-state index in [1.807, 2.05) is 33.8 Å². The number of sulfone groups is 1. The zero-order chi connectivity index (χ0) is 19.3. The molecule has 26 heavy (non-hydrogen) atoms. The van der Waals surface area contributed by atoms with E-state index in [0.717, 1.165) is 5.69 Å². The maximum atomic E-state index is 12.8. The molecule has 0 radical (unpaired) electrons. The second kappa shape index (κ2) is 6.37. The quantitative estimate of drug-likeness (QED) is 0.722. The van der Waals surface area contributed by atoms with Crippen molar-refractivity contribution in [1.29, 1.82) is 0 Å². The van der Waals surface area contributed by atoms with Crippen molar-refractivity contribution in [3.63, 3.8) is 0 Å². The minimum Gasteiger partial charge on any atom is -0.334 e. The standard InChI is InChI=1S/C17H26N4O4S/c1-12-5-6-18-21(12)9-15(22)19-7-8-20(16(23)17(2,3)4)14-11-26(24,25)10-13(14)19/h5-6,13-14H,7-11H2,1-4H3/t13-,14+/m0/s1. The zero-order valence-corrected chi connectivity index (χ0v) is 16.5. The van der Waals surface area contributed by atoms with Crippen molar-refractivity contribution < 1.29 is 18.0 Å². The second-order valence-electron chi connectivity index (χ2n) is 8.18. The van der Waals surface area contributed by atoms with Gasteiger partial charge in [0.2, 0.25) is 11.8 Å². The Kier molecular flexibility index (Phi) is 4.62. The third kappa shape index (κ3) is 3.49. The Morgan fingerprint density at radius 3 is 2.27 bits per heavy atom. The van der Waals surface area contributed by atoms with E-state index in [-0.39, 0.29) is 29.9 Å². The highest BCUT2D eigenvalue weighted by Gasteiger charge is 2.50. The lowest BCUT2D eigenvalue weighted by atomic mass is 9.92. The van der Waals surface area contributed by atoms with Gasteiger partial charge in [-0.05, 0) is 13.0 Å². The lowest BCUT2D eigenvalue weighted by molar-refractivity contribution is -0.151. The van der Waals surface area contributed by atoms with Gasteiger partial charge in [-0.25, -0.2) is 8.42 Å². The molecule has 1 aromatic heterocycles. The van der Waals surface area contributed by atoms with Crippen LogP contribution in [0.1, 0.15) is 26.5 Å². The molecule has 2 fully saturated rings. The Morgan fingerprint density at radius 2 is 1.73 bits per heavy atom. The van der Waals surface area contributed by atoms with Gasteiger partial charge in [-0.1, -0.05) is 20.8 Å². The summed E-state index contributed by atoms with van der Waals surface area (Å²) in [6.45, 7) is 8.12. The van der Waals surface area contributed by atoms with Gasteiger partial charge in [-0.3, -0.25) is 14.3 Å². The van der Waals surface area contributed by atoms with E-state index in [9.17, 15) is 18.0 Å². The number of hydrogen-bond acceptors (Lipinski definition) is 5. The van der Waals surface area contributed by atoms with E-state index in [1.54, 1.807) is 20.7 Å². The van der Waals surface area contributed by atoms with Crippen molar-refractivity contribution in [3.05, 3.63) is 18.0 Å². The van der Waals surface area contributed by atoms with Crippen molar-refractivity contribution in [2.24, 2.45) is 5.41 Å². The molecule has 0 spiro atoms. The fourth-order valence-corrected chi connectivity index (χ4v) is 5.71. The number of carbonyl (C=O) groups excluding carboxylic acids is 2. The number of amides is 2. The molecule has 2 atom stereocenters. The first-order valence-corrected chi connectivity index (χ1v) is 10.6. The largest absolute Gasteiger partial charge is 0.334 e. The molecule has 3 rings (SSSR count). The summed E-state index contributed by atoms with van der Waals surface area (Å²) in [7, 11) is -3.29. The van der Waals surface area contributed by atoms with Crippen molar-refractivity contribution in [2.75, 3.05) is 24.6 Å². The van der Waals surface area contributed by atoms with E-state index in [1.165, 1.54) is 0 Å². The van der Waals surface area contributed by atoms with Crippen LogP contribution in [-0.4, -0.2) is 76.5 Å². The van der Waals surface area contributed by atoms with Crippen LogP contribution in [0.4, 0.5) is 0 Å². The van der Waals surface area contributed by atoms with Crippen LogP contribution >= 0.6 is 0 Å². The molecule has 3 heterocycles. The molecule has 0 aromatic carbocycles. The molecule has 8 nitrogen and oxygen atoms in total. The van der Waals surface area contributed by atoms with Gasteiger partial charge >= 0.3 is 0 Å². The fourth-order valence-electron chi connectivity index (χ4n) is 3.73. The van der Waals surface area contributed by atoms with E-state index < -0.39 is 27.3 Å². The average molecular weight is 382 g/mol. The van der Waals surface area contributed by atoms with E-state index in [0.29, 0.717) is 13.1 Å². The molecule has 9 heteroatoms. The SMILES string of the molecule is Cc1ccnn1CC(=O)N1CCN(C(=O)C(C)(C)C)[C@@H]2CS(=O)(=O)C[C@@H]21. The highest BCUT2D eigenvalue weighted by atomic mass is 32.2. The van der Waals surface area contributed by atoms with E-state index in [4.69, 9.17) is 0 Å². The number of aromatic nitrogens is 2. The van der Waals surface area contributed by atoms with Crippen LogP contribution in [0, 0.1) is 12.3 Å². The maximum Gasteiger partial charge on any atom is 0.244 e. The topological polar surface area (TPSA) is 92.6 Å². The second-order valence-corrected chi connectivity index (χ2v) is 10.3. The Balaban J connectivity index is 1.84. The Labute approximate surface area is 154 Å². The van der Waals surface area contributed by atoms with E-state index in [2.05, 4.69) is 5.10 Å². The molecular weight excluding hydrogens is 356 g/mol. The number of piperazine rings is 1. The highest BCUT2D eigenvalue weighted by Crippen LogP contribution is 2.30. The number of fused-ring (bicyclic) bond motifs is 1.